The van der Waals surface area contributed by atoms with Crippen LogP contribution in [0.5, 0.6) is 11.5 Å². The number of aromatic nitrogens is 4. The molecule has 5 aromatic rings. The van der Waals surface area contributed by atoms with E-state index in [2.05, 4.69) is 4.98 Å². The second-order valence-corrected chi connectivity index (χ2v) is 17.7. The molecule has 3 heterocycles. The van der Waals surface area contributed by atoms with E-state index in [9.17, 15) is 23.4 Å². The summed E-state index contributed by atoms with van der Waals surface area (Å²) in [5, 5.41) is 25.6. The van der Waals surface area contributed by atoms with Crippen LogP contribution in [0, 0.1) is 23.0 Å². The molecule has 4 bridgehead atoms. The number of sulfone groups is 1. The largest absolute Gasteiger partial charge is 0.481 e. The van der Waals surface area contributed by atoms with Crippen molar-refractivity contribution in [2.45, 2.75) is 84.8 Å². The Morgan fingerprint density at radius 2 is 1.83 bits per heavy atom. The average Bonchev–Trinajstić information content (AvgIpc) is 3.71. The van der Waals surface area contributed by atoms with Gasteiger partial charge in [-0.3, -0.25) is 4.79 Å². The van der Waals surface area contributed by atoms with Crippen molar-refractivity contribution in [1.29, 1.82) is 0 Å². The van der Waals surface area contributed by atoms with Crippen LogP contribution < -0.4 is 4.74 Å². The number of fused-ring (bicyclic) bond motifs is 8. The molecule has 282 valence electrons. The molecule has 0 spiro atoms. The van der Waals surface area contributed by atoms with Crippen LogP contribution in [0.1, 0.15) is 76.4 Å². The van der Waals surface area contributed by atoms with Gasteiger partial charge >= 0.3 is 5.97 Å². The van der Waals surface area contributed by atoms with Crippen molar-refractivity contribution in [2.24, 2.45) is 11.3 Å². The van der Waals surface area contributed by atoms with Gasteiger partial charge in [0.25, 0.3) is 0 Å². The number of rotatable bonds is 6. The first kappa shape index (κ1) is 38.1. The summed E-state index contributed by atoms with van der Waals surface area (Å²) in [6.07, 6.45) is 2.67. The molecule has 0 saturated carbocycles. The summed E-state index contributed by atoms with van der Waals surface area (Å²) >= 11 is 0. The fourth-order valence-electron chi connectivity index (χ4n) is 7.38. The van der Waals surface area contributed by atoms with Crippen LogP contribution in [-0.2, 0) is 39.4 Å². The van der Waals surface area contributed by atoms with Gasteiger partial charge in [-0.25, -0.2) is 26.9 Å². The maximum absolute atomic E-state index is 15.9. The van der Waals surface area contributed by atoms with Crippen molar-refractivity contribution < 1.29 is 36.9 Å². The van der Waals surface area contributed by atoms with Crippen LogP contribution in [0.3, 0.4) is 0 Å². The third-order valence-corrected chi connectivity index (χ3v) is 12.2. The highest BCUT2D eigenvalue weighted by Crippen LogP contribution is 2.41. The lowest BCUT2D eigenvalue weighted by Crippen LogP contribution is -2.29. The molecule has 1 aliphatic heterocycles. The lowest BCUT2D eigenvalue weighted by molar-refractivity contribution is -0.141. The first-order valence-electron chi connectivity index (χ1n) is 17.9. The highest BCUT2D eigenvalue weighted by molar-refractivity contribution is 7.91. The summed E-state index contributed by atoms with van der Waals surface area (Å²) in [5.41, 5.74) is 0.999. The number of carboxylic acids is 1. The average molecular weight is 749 g/mol. The SMILES string of the molecule is CC(O)Cn1nc2nc1-c1cc(ccc1F)Oc1c(F)cc3[nH]ccc3c1CCS(=O)(=O)CC(C)(C)CCC[C@]2(C)c1cccc(C[C@@H](C)C(=O)O)c1. The normalized spacial score (nSPS) is 20.1. The van der Waals surface area contributed by atoms with Crippen LogP contribution in [0.2, 0.25) is 0 Å². The fraction of sp³-hybridized carbons (Fsp3) is 0.425. The van der Waals surface area contributed by atoms with Crippen LogP contribution in [0.25, 0.3) is 22.3 Å². The molecule has 3 aromatic carbocycles. The molecule has 1 aliphatic rings. The molecule has 0 saturated heterocycles. The maximum Gasteiger partial charge on any atom is 0.306 e. The van der Waals surface area contributed by atoms with Gasteiger partial charge in [-0.15, -0.1) is 0 Å². The molecule has 0 aliphatic carbocycles. The smallest absolute Gasteiger partial charge is 0.306 e. The summed E-state index contributed by atoms with van der Waals surface area (Å²) < 4.78 is 66.6. The molecular formula is C40H46F2N4O6S. The van der Waals surface area contributed by atoms with E-state index >= 15 is 8.78 Å². The van der Waals surface area contributed by atoms with Crippen LogP contribution in [-0.4, -0.2) is 62.0 Å². The summed E-state index contributed by atoms with van der Waals surface area (Å²) in [4.78, 5) is 19.6. The van der Waals surface area contributed by atoms with Crippen LogP contribution in [0.4, 0.5) is 8.78 Å². The summed E-state index contributed by atoms with van der Waals surface area (Å²) in [6, 6.07) is 14.6. The minimum absolute atomic E-state index is 0.00507. The van der Waals surface area contributed by atoms with Crippen molar-refractivity contribution in [3.63, 3.8) is 0 Å². The van der Waals surface area contributed by atoms with Crippen molar-refractivity contribution in [2.75, 3.05) is 11.5 Å². The number of hydrogen-bond acceptors (Lipinski definition) is 7. The molecule has 0 fully saturated rings. The zero-order chi connectivity index (χ0) is 38.3. The molecule has 0 amide bonds. The zero-order valence-electron chi connectivity index (χ0n) is 30.6. The molecule has 2 aromatic heterocycles. The Balaban J connectivity index is 1.54. The van der Waals surface area contributed by atoms with E-state index < -0.39 is 50.3 Å². The summed E-state index contributed by atoms with van der Waals surface area (Å²) in [7, 11) is -3.63. The van der Waals surface area contributed by atoms with Crippen molar-refractivity contribution in [3.05, 3.63) is 94.9 Å². The number of carboxylic acid groups (broad SMARTS) is 1. The van der Waals surface area contributed by atoms with Gasteiger partial charge in [0, 0.05) is 28.7 Å². The number of H-pyrrole nitrogens is 1. The van der Waals surface area contributed by atoms with E-state index in [1.807, 2.05) is 45.0 Å². The number of aliphatic hydroxyl groups excluding tert-OH is 1. The van der Waals surface area contributed by atoms with Gasteiger partial charge in [-0.05, 0) is 80.3 Å². The standard InChI is InChI=1S/C40H46F2N4O6S/c1-24(37(48)49)18-26-8-6-9-27(19-26)40(5)15-7-14-39(3,4)23-53(50,51)17-13-30-29-12-16-43-34(29)21-33(42)35(30)52-28-10-11-32(41)31(20-28)36-44-38(40)45-46(36)22-25(2)47/h6,8-12,16,19-21,24-25,43,47H,7,13-15,17-18,22-23H2,1-5H3,(H,48,49)/t24-,25?,40-/m1/s1. The highest BCUT2D eigenvalue weighted by Gasteiger charge is 2.37. The summed E-state index contributed by atoms with van der Waals surface area (Å²) in [6.45, 7) is 9.03. The maximum atomic E-state index is 15.9. The number of nitrogens with zero attached hydrogens (tertiary/aromatic N) is 3. The minimum atomic E-state index is -3.63. The van der Waals surface area contributed by atoms with Gasteiger partial charge in [-0.2, -0.15) is 5.10 Å². The Bertz CT molecular complexity index is 2260. The first-order chi connectivity index (χ1) is 24.9. The van der Waals surface area contributed by atoms with Crippen molar-refractivity contribution in [3.8, 4) is 22.9 Å². The predicted octanol–water partition coefficient (Wildman–Crippen LogP) is 7.61. The van der Waals surface area contributed by atoms with E-state index in [-0.39, 0.29) is 47.4 Å². The highest BCUT2D eigenvalue weighted by atomic mass is 32.2. The van der Waals surface area contributed by atoms with Crippen molar-refractivity contribution >= 4 is 26.7 Å². The number of nitrogens with one attached hydrogen (secondary N) is 1. The van der Waals surface area contributed by atoms with Crippen LogP contribution in [0.15, 0.2) is 60.8 Å². The van der Waals surface area contributed by atoms with E-state index in [4.69, 9.17) is 14.8 Å². The lowest BCUT2D eigenvalue weighted by Gasteiger charge is -2.31. The van der Waals surface area contributed by atoms with E-state index in [1.165, 1.54) is 28.9 Å². The Morgan fingerprint density at radius 3 is 2.57 bits per heavy atom. The second kappa shape index (κ2) is 14.7. The molecule has 3 N–H and O–H groups in total. The Kier molecular flexibility index (Phi) is 10.5. The number of aliphatic carboxylic acids is 1. The quantitative estimate of drug-likeness (QED) is 0.161. The third-order valence-electron chi connectivity index (χ3n) is 10.2. The number of aromatic amines is 1. The fourth-order valence-corrected chi connectivity index (χ4v) is 9.37. The topological polar surface area (TPSA) is 147 Å². The van der Waals surface area contributed by atoms with Crippen molar-refractivity contribution in [1.82, 2.24) is 19.7 Å². The zero-order valence-corrected chi connectivity index (χ0v) is 31.4. The number of benzene rings is 3. The van der Waals surface area contributed by atoms with Gasteiger partial charge in [0.1, 0.15) is 11.6 Å². The molecule has 6 rings (SSSR count). The first-order valence-corrected chi connectivity index (χ1v) is 19.7. The Hall–Kier alpha value is -4.62. The molecule has 53 heavy (non-hydrogen) atoms. The van der Waals surface area contributed by atoms with E-state index in [0.717, 1.165) is 11.1 Å². The summed E-state index contributed by atoms with van der Waals surface area (Å²) in [5.74, 6) is -2.76. The third kappa shape index (κ3) is 8.31. The Morgan fingerprint density at radius 1 is 1.06 bits per heavy atom. The number of ether oxygens (including phenoxy) is 1. The molecule has 10 nitrogen and oxygen atoms in total. The number of halogens is 2. The van der Waals surface area contributed by atoms with Gasteiger partial charge < -0.3 is 19.9 Å². The Labute approximate surface area is 308 Å². The number of carbonyl (C=O) groups is 1. The van der Waals surface area contributed by atoms with E-state index in [0.29, 0.717) is 48.0 Å². The molecule has 13 heteroatoms. The second-order valence-electron chi connectivity index (χ2n) is 15.5. The molecule has 1 unspecified atom stereocenters. The minimum Gasteiger partial charge on any atom is -0.481 e. The molecule has 3 atom stereocenters. The molecule has 0 radical (unpaired) electrons. The van der Waals surface area contributed by atoms with Gasteiger partial charge in [0.15, 0.2) is 33.1 Å². The number of aryl methyl sites for hydroxylation is 1. The molecular weight excluding hydrogens is 703 g/mol. The van der Waals surface area contributed by atoms with Gasteiger partial charge in [-0.1, -0.05) is 51.5 Å². The lowest BCUT2D eigenvalue weighted by atomic mass is 9.75. The van der Waals surface area contributed by atoms with Crippen LogP contribution >= 0.6 is 0 Å². The van der Waals surface area contributed by atoms with E-state index in [1.54, 1.807) is 26.1 Å². The van der Waals surface area contributed by atoms with Gasteiger partial charge in [0.05, 0.1) is 41.1 Å². The monoisotopic (exact) mass is 748 g/mol. The predicted molar refractivity (Wildman–Crippen MR) is 199 cm³/mol. The van der Waals surface area contributed by atoms with Gasteiger partial charge in [0.2, 0.25) is 0 Å². The number of hydrogen-bond donors (Lipinski definition) is 3. The number of aliphatic hydroxyl groups is 1.